The molecule has 0 bridgehead atoms. The van der Waals surface area contributed by atoms with Crippen LogP contribution in [-0.2, 0) is 4.74 Å². The lowest BCUT2D eigenvalue weighted by Crippen LogP contribution is -2.35. The highest BCUT2D eigenvalue weighted by molar-refractivity contribution is 5.95. The first-order valence-corrected chi connectivity index (χ1v) is 12.7. The molecule has 1 saturated carbocycles. The number of carboxylic acid groups (broad SMARTS) is 1. The van der Waals surface area contributed by atoms with E-state index in [1.54, 1.807) is 13.0 Å². The zero-order valence-corrected chi connectivity index (χ0v) is 20.6. The van der Waals surface area contributed by atoms with Crippen molar-refractivity contribution in [3.05, 3.63) is 53.1 Å². The Balaban J connectivity index is 1.52. The summed E-state index contributed by atoms with van der Waals surface area (Å²) in [6.45, 7) is 1.99. The van der Waals surface area contributed by atoms with E-state index in [4.69, 9.17) is 9.26 Å². The molecule has 1 aromatic carbocycles. The molecule has 5 rings (SSSR count). The molecule has 1 aliphatic carbocycles. The van der Waals surface area contributed by atoms with Crippen molar-refractivity contribution in [1.29, 1.82) is 0 Å². The Labute approximate surface area is 212 Å². The molecule has 2 aliphatic rings. The number of rotatable bonds is 5. The number of fused-ring (bicyclic) bond motifs is 1. The number of benzene rings is 1. The normalized spacial score (nSPS) is 18.0. The molecule has 37 heavy (non-hydrogen) atoms. The number of nitrogens with zero attached hydrogens (tertiary/aromatic N) is 3. The molecule has 11 heteroatoms. The SMILES string of the molecule is Cc1nocc1C(=O)NC(c1nc2c(F)c(C3=COCCN3C(=O)O)ccc2[nH]1)C1CCCCCCC1. The summed E-state index contributed by atoms with van der Waals surface area (Å²) < 4.78 is 26.0. The fraction of sp³-hybridized carbons (Fsp3) is 0.462. The second-order valence-corrected chi connectivity index (χ2v) is 9.62. The van der Waals surface area contributed by atoms with Gasteiger partial charge in [0.15, 0.2) is 5.82 Å². The highest BCUT2D eigenvalue weighted by Crippen LogP contribution is 2.35. The molecule has 3 N–H and O–H groups in total. The molecule has 1 aliphatic heterocycles. The number of aromatic amines is 1. The average Bonchev–Trinajstić information content (AvgIpc) is 3.50. The van der Waals surface area contributed by atoms with Crippen LogP contribution in [0.3, 0.4) is 0 Å². The van der Waals surface area contributed by atoms with Crippen LogP contribution >= 0.6 is 0 Å². The van der Waals surface area contributed by atoms with Crippen LogP contribution in [-0.4, -0.2) is 50.3 Å². The Bertz CT molecular complexity index is 1320. The second kappa shape index (κ2) is 10.6. The highest BCUT2D eigenvalue weighted by atomic mass is 19.1. The minimum Gasteiger partial charge on any atom is -0.497 e. The Morgan fingerprint density at radius 1 is 1.22 bits per heavy atom. The summed E-state index contributed by atoms with van der Waals surface area (Å²) in [5.41, 5.74) is 1.57. The largest absolute Gasteiger partial charge is 0.497 e. The first-order valence-electron chi connectivity index (χ1n) is 12.7. The Kier molecular flexibility index (Phi) is 7.11. The molecule has 1 unspecified atom stereocenters. The van der Waals surface area contributed by atoms with E-state index in [0.717, 1.165) is 43.4 Å². The van der Waals surface area contributed by atoms with Crippen molar-refractivity contribution < 1.29 is 28.3 Å². The monoisotopic (exact) mass is 511 g/mol. The maximum Gasteiger partial charge on any atom is 0.412 e. The van der Waals surface area contributed by atoms with Gasteiger partial charge in [0.05, 0.1) is 29.5 Å². The van der Waals surface area contributed by atoms with Gasteiger partial charge in [-0.05, 0) is 37.8 Å². The number of carbonyl (C=O) groups excluding carboxylic acids is 1. The molecule has 1 fully saturated rings. The lowest BCUT2D eigenvalue weighted by molar-refractivity contribution is 0.0911. The Morgan fingerprint density at radius 2 is 1.97 bits per heavy atom. The molecule has 10 nitrogen and oxygen atoms in total. The average molecular weight is 512 g/mol. The fourth-order valence-electron chi connectivity index (χ4n) is 5.24. The van der Waals surface area contributed by atoms with Crippen LogP contribution in [0.5, 0.6) is 0 Å². The van der Waals surface area contributed by atoms with E-state index in [-0.39, 0.29) is 41.8 Å². The van der Waals surface area contributed by atoms with Gasteiger partial charge in [-0.2, -0.15) is 0 Å². The van der Waals surface area contributed by atoms with Crippen molar-refractivity contribution in [3.8, 4) is 0 Å². The summed E-state index contributed by atoms with van der Waals surface area (Å²) in [4.78, 5) is 33.7. The van der Waals surface area contributed by atoms with E-state index < -0.39 is 18.0 Å². The van der Waals surface area contributed by atoms with E-state index in [2.05, 4.69) is 20.4 Å². The fourth-order valence-corrected chi connectivity index (χ4v) is 5.24. The number of amides is 2. The molecule has 3 aromatic rings. The maximum atomic E-state index is 15.8. The predicted octanol–water partition coefficient (Wildman–Crippen LogP) is 5.14. The zero-order valence-electron chi connectivity index (χ0n) is 20.6. The number of nitrogens with one attached hydrogen (secondary N) is 2. The number of carbonyl (C=O) groups is 2. The zero-order chi connectivity index (χ0) is 25.9. The van der Waals surface area contributed by atoms with Gasteiger partial charge in [0.2, 0.25) is 0 Å². The lowest BCUT2D eigenvalue weighted by Gasteiger charge is -2.28. The number of hydrogen-bond acceptors (Lipinski definition) is 6. The number of aryl methyl sites for hydroxylation is 1. The van der Waals surface area contributed by atoms with E-state index in [1.165, 1.54) is 25.0 Å². The van der Waals surface area contributed by atoms with Gasteiger partial charge < -0.3 is 24.7 Å². The molecular formula is C26H30FN5O5. The van der Waals surface area contributed by atoms with E-state index >= 15 is 4.39 Å². The van der Waals surface area contributed by atoms with E-state index in [9.17, 15) is 14.7 Å². The first kappa shape index (κ1) is 24.8. The molecule has 2 amide bonds. The highest BCUT2D eigenvalue weighted by Gasteiger charge is 2.31. The van der Waals surface area contributed by atoms with Gasteiger partial charge in [0, 0.05) is 5.56 Å². The Morgan fingerprint density at radius 3 is 2.68 bits per heavy atom. The van der Waals surface area contributed by atoms with Crippen LogP contribution in [0.2, 0.25) is 0 Å². The van der Waals surface area contributed by atoms with Crippen molar-refractivity contribution in [2.24, 2.45) is 5.92 Å². The van der Waals surface area contributed by atoms with Crippen LogP contribution in [0.4, 0.5) is 9.18 Å². The van der Waals surface area contributed by atoms with Crippen molar-refractivity contribution >= 4 is 28.7 Å². The van der Waals surface area contributed by atoms with Gasteiger partial charge in [-0.1, -0.05) is 37.3 Å². The van der Waals surface area contributed by atoms with Crippen LogP contribution in [0.25, 0.3) is 16.7 Å². The van der Waals surface area contributed by atoms with Crippen molar-refractivity contribution in [1.82, 2.24) is 25.3 Å². The standard InChI is InChI=1S/C26H30FN5O5/c1-15-18(13-37-31-15)25(33)30-22(16-7-5-3-2-4-6-8-16)24-28-19-10-9-17(21(27)23(19)29-24)20-14-36-12-11-32(20)26(34)35/h9-10,13-14,16,22H,2-8,11-12H2,1H3,(H,28,29)(H,30,33)(H,34,35). The summed E-state index contributed by atoms with van der Waals surface area (Å²) >= 11 is 0. The van der Waals surface area contributed by atoms with Crippen LogP contribution in [0.1, 0.15) is 78.4 Å². The topological polar surface area (TPSA) is 134 Å². The summed E-state index contributed by atoms with van der Waals surface area (Å²) in [7, 11) is 0. The Hall–Kier alpha value is -3.89. The number of ether oxygens (including phenoxy) is 1. The summed E-state index contributed by atoms with van der Waals surface area (Å²) in [6.07, 6.45) is 8.78. The molecule has 0 saturated heterocycles. The van der Waals surface area contributed by atoms with Gasteiger partial charge in [-0.3, -0.25) is 9.69 Å². The van der Waals surface area contributed by atoms with Gasteiger partial charge in [-0.15, -0.1) is 0 Å². The molecular weight excluding hydrogens is 481 g/mol. The molecule has 3 heterocycles. The third-order valence-corrected chi connectivity index (χ3v) is 7.23. The van der Waals surface area contributed by atoms with Gasteiger partial charge in [0.1, 0.15) is 36.0 Å². The number of imidazole rings is 1. The second-order valence-electron chi connectivity index (χ2n) is 9.62. The summed E-state index contributed by atoms with van der Waals surface area (Å²) in [5.74, 6) is -0.401. The van der Waals surface area contributed by atoms with Crippen LogP contribution in [0.15, 0.2) is 29.2 Å². The van der Waals surface area contributed by atoms with Gasteiger partial charge in [0.25, 0.3) is 5.91 Å². The van der Waals surface area contributed by atoms with Crippen molar-refractivity contribution in [2.75, 3.05) is 13.2 Å². The number of halogens is 1. The van der Waals surface area contributed by atoms with E-state index in [1.807, 2.05) is 0 Å². The smallest absolute Gasteiger partial charge is 0.412 e. The summed E-state index contributed by atoms with van der Waals surface area (Å²) in [5, 5.41) is 16.5. The third kappa shape index (κ3) is 5.03. The van der Waals surface area contributed by atoms with Crippen molar-refractivity contribution in [3.63, 3.8) is 0 Å². The lowest BCUT2D eigenvalue weighted by atomic mass is 9.85. The van der Waals surface area contributed by atoms with Crippen LogP contribution in [0, 0.1) is 18.7 Å². The quantitative estimate of drug-likeness (QED) is 0.432. The predicted molar refractivity (Wildman–Crippen MR) is 132 cm³/mol. The van der Waals surface area contributed by atoms with Gasteiger partial charge >= 0.3 is 6.09 Å². The summed E-state index contributed by atoms with van der Waals surface area (Å²) in [6, 6.07) is 2.71. The van der Waals surface area contributed by atoms with E-state index in [0.29, 0.717) is 22.6 Å². The minimum atomic E-state index is -1.19. The molecule has 1 atom stereocenters. The molecule has 0 radical (unpaired) electrons. The third-order valence-electron chi connectivity index (χ3n) is 7.23. The van der Waals surface area contributed by atoms with Crippen LogP contribution < -0.4 is 5.32 Å². The molecule has 2 aromatic heterocycles. The number of hydrogen-bond donors (Lipinski definition) is 3. The molecule has 196 valence electrons. The van der Waals surface area contributed by atoms with Gasteiger partial charge in [-0.25, -0.2) is 14.2 Å². The first-order chi connectivity index (χ1) is 17.9. The number of aromatic nitrogens is 3. The minimum absolute atomic E-state index is 0.0792. The van der Waals surface area contributed by atoms with Crippen molar-refractivity contribution in [2.45, 2.75) is 57.9 Å². The molecule has 0 spiro atoms. The number of H-pyrrole nitrogens is 1. The maximum absolute atomic E-state index is 15.8.